The first-order valence-corrected chi connectivity index (χ1v) is 28.3. The zero-order valence-corrected chi connectivity index (χ0v) is 42.7. The maximum atomic E-state index is 13.9. The third kappa shape index (κ3) is 6.49. The average molecular weight is 1150 g/mol. The number of rotatable bonds is 6. The molecule has 24 nitrogen and oxygen atoms in total. The molecule has 4 N–H and O–H groups in total. The number of hydrogen-bond donors (Lipinski definition) is 4. The Morgan fingerprint density at radius 1 is 0.362 bits per heavy atom. The highest BCUT2D eigenvalue weighted by Gasteiger charge is 2.26. The van der Waals surface area contributed by atoms with Gasteiger partial charge in [-0.3, -0.25) is 50.4 Å². The molecule has 392 valence electrons. The van der Waals surface area contributed by atoms with Crippen molar-refractivity contribution in [2.24, 2.45) is 0 Å². The molecule has 16 aromatic rings. The molecule has 80 heavy (non-hydrogen) atoms. The highest BCUT2D eigenvalue weighted by molar-refractivity contribution is 7.94. The van der Waals surface area contributed by atoms with E-state index in [-0.39, 0.29) is 58.9 Å². The molecule has 0 saturated heterocycles. The van der Waals surface area contributed by atoms with Crippen LogP contribution in [0, 0.1) is 0 Å². The topological polar surface area (TPSA) is 339 Å². The van der Waals surface area contributed by atoms with E-state index >= 15 is 0 Å². The second kappa shape index (κ2) is 16.0. The number of hydrogen-bond acceptors (Lipinski definition) is 18. The predicted octanol–water partition coefficient (Wildman–Crippen LogP) is 6.86. The first kappa shape index (κ1) is 48.0. The Bertz CT molecular complexity index is 5980. The molecule has 0 aliphatic heterocycles. The van der Waals surface area contributed by atoms with Gasteiger partial charge in [-0.15, -0.1) is 4.33 Å². The highest BCUT2D eigenvalue weighted by Crippen LogP contribution is 2.40. The standard InChI is InChI=1S/2C26H12N4O8S2/c31-25-15-5-4-14-22-16(26(32)30-20-10-12(40(34,35)36)2-8-18(20)28-24(14)30)6-3-13(21(15)22)23-27-17-7-1-11(39-38-37-33)9-19(17)29(23)25;31-25-15-5-6-16-22-14(24-28-18-8-2-12(40(36,37)38)10-20(18)30(24)26(16)32)4-3-13(21(15)22)23-27-17-7-1-11(39(33,34)35)9-19(17)29(23)25/h1-10,33H,(H,34,35,36);1-10H,(H,33,34,35)(H,36,37,38). The molecule has 0 unspecified atom stereocenters. The predicted molar refractivity (Wildman–Crippen MR) is 293 cm³/mol. The summed E-state index contributed by atoms with van der Waals surface area (Å²) >= 11 is 0.764. The van der Waals surface area contributed by atoms with Crippen LogP contribution in [0.15, 0.2) is 160 Å². The van der Waals surface area contributed by atoms with Crippen LogP contribution >= 0.6 is 12.0 Å². The molecule has 0 saturated carbocycles. The van der Waals surface area contributed by atoms with Crippen molar-refractivity contribution < 1.29 is 53.5 Å². The number of aromatic nitrogens is 8. The summed E-state index contributed by atoms with van der Waals surface area (Å²) in [4.78, 5) is 73.1. The highest BCUT2D eigenvalue weighted by atomic mass is 32.2. The van der Waals surface area contributed by atoms with Gasteiger partial charge in [-0.05, 0) is 121 Å². The van der Waals surface area contributed by atoms with Crippen molar-refractivity contribution >= 4 is 174 Å². The van der Waals surface area contributed by atoms with Gasteiger partial charge in [-0.25, -0.2) is 25.2 Å². The Labute approximate surface area is 444 Å². The van der Waals surface area contributed by atoms with Crippen LogP contribution in [0.2, 0.25) is 0 Å². The van der Waals surface area contributed by atoms with Gasteiger partial charge >= 0.3 is 0 Å². The van der Waals surface area contributed by atoms with Gasteiger partial charge in [-0.1, -0.05) is 5.04 Å². The van der Waals surface area contributed by atoms with Gasteiger partial charge in [0, 0.05) is 69.5 Å². The van der Waals surface area contributed by atoms with E-state index in [4.69, 9.17) is 10.2 Å². The molecule has 0 fully saturated rings. The van der Waals surface area contributed by atoms with Gasteiger partial charge in [0.1, 0.15) is 22.6 Å². The van der Waals surface area contributed by atoms with E-state index in [0.29, 0.717) is 97.6 Å². The minimum atomic E-state index is -4.53. The lowest BCUT2D eigenvalue weighted by molar-refractivity contribution is -0.432. The fraction of sp³-hybridized carbons (Fsp3) is 0. The fourth-order valence-electron chi connectivity index (χ4n) is 11.3. The van der Waals surface area contributed by atoms with E-state index in [9.17, 15) is 58.1 Å². The van der Waals surface area contributed by atoms with Crippen LogP contribution in [0.4, 0.5) is 0 Å². The zero-order valence-electron chi connectivity index (χ0n) is 39.4. The van der Waals surface area contributed by atoms with Crippen molar-refractivity contribution in [1.82, 2.24) is 37.5 Å². The molecule has 28 heteroatoms. The summed E-state index contributed by atoms with van der Waals surface area (Å²) in [6.45, 7) is 0. The molecule has 8 heterocycles. The van der Waals surface area contributed by atoms with Crippen molar-refractivity contribution in [2.45, 2.75) is 19.6 Å². The van der Waals surface area contributed by atoms with E-state index in [1.165, 1.54) is 84.3 Å². The van der Waals surface area contributed by atoms with Gasteiger partial charge in [-0.2, -0.15) is 25.3 Å². The van der Waals surface area contributed by atoms with Crippen molar-refractivity contribution in [2.75, 3.05) is 0 Å². The van der Waals surface area contributed by atoms with Crippen molar-refractivity contribution in [3.63, 3.8) is 0 Å². The molecular weight excluding hydrogens is 1120 g/mol. The summed E-state index contributed by atoms with van der Waals surface area (Å²) < 4.78 is 109. The molecule has 0 radical (unpaired) electrons. The van der Waals surface area contributed by atoms with E-state index in [1.54, 1.807) is 54.6 Å². The molecule has 16 rings (SSSR count). The molecule has 0 spiro atoms. The normalized spacial score (nSPS) is 13.2. The SMILES string of the molecule is O=c1c2ccc3c(=O)n4c5cc(S(=O)(=O)O)ccc5nc4c4ccc(c2c34)c2nc3ccc(S(=O)(=O)O)cc3n12.O=c1c2ccc3c4c(ccc(c24)c2nc4ccc(SOOO)cc4n12)c(=O)n1c2cc(S(=O)(=O)O)ccc2nc31. The molecule has 0 atom stereocenters. The Morgan fingerprint density at radius 2 is 0.625 bits per heavy atom. The van der Waals surface area contributed by atoms with Gasteiger partial charge in [0.15, 0.2) is 0 Å². The fourth-order valence-corrected chi connectivity index (χ4v) is 13.2. The quantitative estimate of drug-likeness (QED) is 0.0434. The minimum Gasteiger partial charge on any atom is -0.282 e. The third-order valence-corrected chi connectivity index (χ3v) is 17.7. The number of pyridine rings is 4. The molecular formula is C52H24N8O16S4. The average Bonchev–Trinajstić information content (AvgIpc) is 4.42. The van der Waals surface area contributed by atoms with Crippen molar-refractivity contribution in [3.8, 4) is 0 Å². The summed E-state index contributed by atoms with van der Waals surface area (Å²) in [5.74, 6) is 0. The molecule has 8 aromatic heterocycles. The maximum Gasteiger partial charge on any atom is 0.294 e. The molecule has 8 aromatic carbocycles. The first-order valence-electron chi connectivity index (χ1n) is 23.3. The Kier molecular flexibility index (Phi) is 9.58. The van der Waals surface area contributed by atoms with E-state index in [1.807, 2.05) is 0 Å². The van der Waals surface area contributed by atoms with E-state index in [0.717, 1.165) is 12.0 Å². The Morgan fingerprint density at radius 3 is 0.900 bits per heavy atom. The molecule has 0 bridgehead atoms. The number of nitrogens with zero attached hydrogens (tertiary/aromatic N) is 8. The van der Waals surface area contributed by atoms with E-state index < -0.39 is 47.0 Å². The summed E-state index contributed by atoms with van der Waals surface area (Å²) in [5.41, 5.74) is 2.17. The van der Waals surface area contributed by atoms with Crippen LogP contribution < -0.4 is 22.2 Å². The molecule has 0 amide bonds. The lowest BCUT2D eigenvalue weighted by Gasteiger charge is -2.12. The van der Waals surface area contributed by atoms with Crippen molar-refractivity contribution in [1.29, 1.82) is 0 Å². The van der Waals surface area contributed by atoms with Crippen LogP contribution in [0.25, 0.3) is 131 Å². The van der Waals surface area contributed by atoms with Gasteiger partial charge < -0.3 is 0 Å². The van der Waals surface area contributed by atoms with Crippen molar-refractivity contribution in [3.05, 3.63) is 163 Å². The van der Waals surface area contributed by atoms with Crippen LogP contribution in [0.1, 0.15) is 0 Å². The third-order valence-electron chi connectivity index (χ3n) is 14.6. The Balaban J connectivity index is 0.000000138. The van der Waals surface area contributed by atoms with E-state index in [2.05, 4.69) is 24.3 Å². The van der Waals surface area contributed by atoms with Crippen LogP contribution in [-0.2, 0) is 39.7 Å². The maximum absolute atomic E-state index is 13.9. The van der Waals surface area contributed by atoms with Gasteiger partial charge in [0.2, 0.25) is 0 Å². The van der Waals surface area contributed by atoms with Crippen LogP contribution in [-0.4, -0.2) is 81.7 Å². The summed E-state index contributed by atoms with van der Waals surface area (Å²) in [6, 6.07) is 29.7. The van der Waals surface area contributed by atoms with Crippen LogP contribution in [0.5, 0.6) is 0 Å². The summed E-state index contributed by atoms with van der Waals surface area (Å²) in [7, 11) is -13.6. The first-order chi connectivity index (χ1) is 38.2. The molecule has 0 aliphatic carbocycles. The largest absolute Gasteiger partial charge is 0.294 e. The minimum absolute atomic E-state index is 0.196. The summed E-state index contributed by atoms with van der Waals surface area (Å²) in [6.07, 6.45) is 0. The van der Waals surface area contributed by atoms with Gasteiger partial charge in [0.05, 0.1) is 70.9 Å². The Hall–Kier alpha value is -9.20. The second-order valence-corrected chi connectivity index (χ2v) is 23.7. The lowest BCUT2D eigenvalue weighted by atomic mass is 9.96. The zero-order chi connectivity index (χ0) is 55.4. The summed E-state index contributed by atoms with van der Waals surface area (Å²) in [5, 5.41) is 17.7. The number of imidazole rings is 4. The number of fused-ring (bicyclic) bond motifs is 16. The number of benzene rings is 8. The van der Waals surface area contributed by atoms with Gasteiger partial charge in [0.25, 0.3) is 52.6 Å². The molecule has 0 aliphatic rings. The monoisotopic (exact) mass is 1140 g/mol. The lowest BCUT2D eigenvalue weighted by Crippen LogP contribution is -2.16. The smallest absolute Gasteiger partial charge is 0.282 e. The second-order valence-electron chi connectivity index (χ2n) is 18.7. The van der Waals surface area contributed by atoms with Crippen LogP contribution in [0.3, 0.4) is 0 Å².